The number of aromatic hydroxyl groups is 1. The van der Waals surface area contributed by atoms with Crippen molar-refractivity contribution in [2.24, 2.45) is 0 Å². The molecule has 0 aromatic heterocycles. The monoisotopic (exact) mass is 280 g/mol. The molecule has 0 heterocycles. The molecule has 0 saturated carbocycles. The van der Waals surface area contributed by atoms with Crippen LogP contribution in [0.3, 0.4) is 0 Å². The summed E-state index contributed by atoms with van der Waals surface area (Å²) in [7, 11) is 0.176. The molecule has 0 aliphatic carbocycles. The summed E-state index contributed by atoms with van der Waals surface area (Å²) in [6.07, 6.45) is 0. The van der Waals surface area contributed by atoms with Gasteiger partial charge in [-0.05, 0) is 42.5 Å². The molecular formula is C13H13FN2O2S. The predicted octanol–water partition coefficient (Wildman–Crippen LogP) is 2.71. The molecule has 2 rings (SSSR count). The molecule has 2 aromatic rings. The standard InChI is InChI=1S/C13H13FN2O2S/c1-15-10-4-7-13(17)12(8-10)16-19(18)11-5-2-9(14)3-6-11/h2-8,15-17H,1H3. The van der Waals surface area contributed by atoms with E-state index in [2.05, 4.69) is 10.0 Å². The Morgan fingerprint density at radius 2 is 1.84 bits per heavy atom. The van der Waals surface area contributed by atoms with Gasteiger partial charge in [0.2, 0.25) is 0 Å². The fourth-order valence-corrected chi connectivity index (χ4v) is 2.35. The largest absolute Gasteiger partial charge is 0.506 e. The highest BCUT2D eigenvalue weighted by Crippen LogP contribution is 2.27. The highest BCUT2D eigenvalue weighted by molar-refractivity contribution is 7.86. The van der Waals surface area contributed by atoms with Gasteiger partial charge in [0.25, 0.3) is 0 Å². The Balaban J connectivity index is 2.21. The van der Waals surface area contributed by atoms with Crippen LogP contribution in [0.1, 0.15) is 0 Å². The molecule has 0 bridgehead atoms. The lowest BCUT2D eigenvalue weighted by Gasteiger charge is -2.10. The van der Waals surface area contributed by atoms with Crippen LogP contribution in [-0.2, 0) is 11.0 Å². The van der Waals surface area contributed by atoms with Gasteiger partial charge in [-0.25, -0.2) is 8.60 Å². The maximum atomic E-state index is 12.8. The second kappa shape index (κ2) is 5.71. The molecule has 0 radical (unpaired) electrons. The van der Waals surface area contributed by atoms with E-state index in [0.29, 0.717) is 10.6 Å². The van der Waals surface area contributed by atoms with Crippen LogP contribution in [0.25, 0.3) is 0 Å². The van der Waals surface area contributed by atoms with Crippen LogP contribution in [0.5, 0.6) is 5.75 Å². The van der Waals surface area contributed by atoms with Crippen LogP contribution in [-0.4, -0.2) is 16.4 Å². The number of hydrogen-bond acceptors (Lipinski definition) is 3. The first-order valence-electron chi connectivity index (χ1n) is 5.55. The fraction of sp³-hybridized carbons (Fsp3) is 0.0769. The second-order valence-electron chi connectivity index (χ2n) is 3.81. The van der Waals surface area contributed by atoms with Crippen molar-refractivity contribution < 1.29 is 13.7 Å². The smallest absolute Gasteiger partial charge is 0.150 e. The zero-order valence-corrected chi connectivity index (χ0v) is 11.0. The fourth-order valence-electron chi connectivity index (χ4n) is 1.49. The number of benzene rings is 2. The molecule has 6 heteroatoms. The zero-order valence-electron chi connectivity index (χ0n) is 10.2. The summed E-state index contributed by atoms with van der Waals surface area (Å²) in [5, 5.41) is 12.6. The SMILES string of the molecule is CNc1ccc(O)c(NS(=O)c2ccc(F)cc2)c1. The molecule has 1 unspecified atom stereocenters. The third-order valence-electron chi connectivity index (χ3n) is 2.52. The molecular weight excluding hydrogens is 267 g/mol. The van der Waals surface area contributed by atoms with Crippen molar-refractivity contribution in [3.63, 3.8) is 0 Å². The van der Waals surface area contributed by atoms with Crippen molar-refractivity contribution in [3.8, 4) is 5.75 Å². The topological polar surface area (TPSA) is 61.4 Å². The van der Waals surface area contributed by atoms with E-state index in [1.54, 1.807) is 19.2 Å². The van der Waals surface area contributed by atoms with Gasteiger partial charge in [0.15, 0.2) is 0 Å². The molecule has 100 valence electrons. The summed E-state index contributed by atoms with van der Waals surface area (Å²) >= 11 is 0. The van der Waals surface area contributed by atoms with Crippen molar-refractivity contribution >= 4 is 22.4 Å². The molecule has 19 heavy (non-hydrogen) atoms. The molecule has 1 atom stereocenters. The number of anilines is 2. The number of phenols is 1. The van der Waals surface area contributed by atoms with Gasteiger partial charge in [-0.2, -0.15) is 0 Å². The first kappa shape index (κ1) is 13.4. The van der Waals surface area contributed by atoms with Gasteiger partial charge < -0.3 is 10.4 Å². The number of nitrogens with one attached hydrogen (secondary N) is 2. The zero-order chi connectivity index (χ0) is 13.8. The Hall–Kier alpha value is -2.08. The Labute approximate surface area is 112 Å². The van der Waals surface area contributed by atoms with E-state index in [1.807, 2.05) is 0 Å². The van der Waals surface area contributed by atoms with E-state index in [-0.39, 0.29) is 11.6 Å². The van der Waals surface area contributed by atoms with Crippen LogP contribution < -0.4 is 10.0 Å². The summed E-state index contributed by atoms with van der Waals surface area (Å²) in [4.78, 5) is 0.427. The average Bonchev–Trinajstić information content (AvgIpc) is 2.42. The van der Waals surface area contributed by atoms with Gasteiger partial charge in [-0.15, -0.1) is 0 Å². The molecule has 3 N–H and O–H groups in total. The molecule has 0 fully saturated rings. The third-order valence-corrected chi connectivity index (χ3v) is 3.62. The van der Waals surface area contributed by atoms with Crippen LogP contribution in [0.2, 0.25) is 0 Å². The van der Waals surface area contributed by atoms with Gasteiger partial charge in [-0.3, -0.25) is 4.72 Å². The summed E-state index contributed by atoms with van der Waals surface area (Å²) in [6.45, 7) is 0. The van der Waals surface area contributed by atoms with Crippen LogP contribution >= 0.6 is 0 Å². The summed E-state index contributed by atoms with van der Waals surface area (Å²) in [6, 6.07) is 10.2. The van der Waals surface area contributed by atoms with Crippen LogP contribution in [0.15, 0.2) is 47.4 Å². The lowest BCUT2D eigenvalue weighted by Crippen LogP contribution is -2.05. The van der Waals surface area contributed by atoms with Crippen LogP contribution in [0.4, 0.5) is 15.8 Å². The Morgan fingerprint density at radius 3 is 2.47 bits per heavy atom. The van der Waals surface area contributed by atoms with Gasteiger partial charge >= 0.3 is 0 Å². The first-order chi connectivity index (χ1) is 9.10. The lowest BCUT2D eigenvalue weighted by atomic mass is 10.2. The van der Waals surface area contributed by atoms with Gasteiger partial charge in [0.05, 0.1) is 10.6 Å². The number of phenolic OH excluding ortho intramolecular Hbond substituents is 1. The lowest BCUT2D eigenvalue weighted by molar-refractivity contribution is 0.478. The van der Waals surface area contributed by atoms with E-state index >= 15 is 0 Å². The molecule has 0 saturated heterocycles. The van der Waals surface area contributed by atoms with Gasteiger partial charge in [0, 0.05) is 12.7 Å². The van der Waals surface area contributed by atoms with Gasteiger partial charge in [0.1, 0.15) is 22.6 Å². The number of hydrogen-bond donors (Lipinski definition) is 3. The third kappa shape index (κ3) is 3.23. The van der Waals surface area contributed by atoms with E-state index in [0.717, 1.165) is 5.69 Å². The second-order valence-corrected chi connectivity index (χ2v) is 5.02. The summed E-state index contributed by atoms with van der Waals surface area (Å²) < 4.78 is 27.5. The minimum absolute atomic E-state index is 0.00513. The van der Waals surface area contributed by atoms with Crippen molar-refractivity contribution in [2.75, 3.05) is 17.1 Å². The molecule has 0 aliphatic heterocycles. The highest BCUT2D eigenvalue weighted by atomic mass is 32.2. The van der Waals surface area contributed by atoms with Crippen molar-refractivity contribution in [2.45, 2.75) is 4.90 Å². The molecule has 2 aromatic carbocycles. The Kier molecular flexibility index (Phi) is 4.01. The number of rotatable bonds is 4. The minimum atomic E-state index is -1.57. The van der Waals surface area contributed by atoms with E-state index in [4.69, 9.17) is 0 Å². The highest BCUT2D eigenvalue weighted by Gasteiger charge is 2.08. The van der Waals surface area contributed by atoms with Crippen molar-refractivity contribution in [1.29, 1.82) is 0 Å². The summed E-state index contributed by atoms with van der Waals surface area (Å²) in [5.74, 6) is -0.393. The maximum Gasteiger partial charge on any atom is 0.150 e. The Morgan fingerprint density at radius 1 is 1.16 bits per heavy atom. The van der Waals surface area contributed by atoms with Crippen molar-refractivity contribution in [3.05, 3.63) is 48.3 Å². The van der Waals surface area contributed by atoms with Crippen molar-refractivity contribution in [1.82, 2.24) is 0 Å². The van der Waals surface area contributed by atoms with E-state index in [1.165, 1.54) is 30.3 Å². The molecule has 0 amide bonds. The first-order valence-corrected chi connectivity index (χ1v) is 6.70. The molecule has 0 aliphatic rings. The quantitative estimate of drug-likeness (QED) is 0.596. The van der Waals surface area contributed by atoms with Gasteiger partial charge in [-0.1, -0.05) is 0 Å². The summed E-state index contributed by atoms with van der Waals surface area (Å²) in [5.41, 5.74) is 1.12. The average molecular weight is 280 g/mol. The number of halogens is 1. The normalized spacial score (nSPS) is 11.9. The maximum absolute atomic E-state index is 12.8. The van der Waals surface area contributed by atoms with E-state index < -0.39 is 11.0 Å². The molecule has 0 spiro atoms. The predicted molar refractivity (Wildman–Crippen MR) is 74.1 cm³/mol. The van der Waals surface area contributed by atoms with Crippen LogP contribution in [0, 0.1) is 5.82 Å². The van der Waals surface area contributed by atoms with E-state index in [9.17, 15) is 13.7 Å². The Bertz CT molecular complexity index is 602. The molecule has 4 nitrogen and oxygen atoms in total. The minimum Gasteiger partial charge on any atom is -0.506 e.